The molecule has 114 valence electrons. The van der Waals surface area contributed by atoms with E-state index in [9.17, 15) is 4.79 Å². The van der Waals surface area contributed by atoms with E-state index in [-0.39, 0.29) is 5.78 Å². The molecule has 0 saturated carbocycles. The van der Waals surface area contributed by atoms with E-state index in [0.29, 0.717) is 11.4 Å². The van der Waals surface area contributed by atoms with Gasteiger partial charge in [-0.2, -0.15) is 0 Å². The topological polar surface area (TPSA) is 58.7 Å². The van der Waals surface area contributed by atoms with Gasteiger partial charge in [-0.3, -0.25) is 4.79 Å². The first-order valence-corrected chi connectivity index (χ1v) is 7.33. The van der Waals surface area contributed by atoms with Crippen LogP contribution >= 0.6 is 0 Å². The van der Waals surface area contributed by atoms with E-state index in [1.165, 1.54) is 6.92 Å². The number of hydrogen-bond donors (Lipinski definition) is 1. The zero-order valence-electron chi connectivity index (χ0n) is 13.8. The minimum absolute atomic E-state index is 0.0997. The van der Waals surface area contributed by atoms with Gasteiger partial charge in [-0.1, -0.05) is 19.9 Å². The zero-order valence-corrected chi connectivity index (χ0v) is 13.8. The lowest BCUT2D eigenvalue weighted by Crippen LogP contribution is -2.28. The Balaban J connectivity index is 5.44. The van der Waals surface area contributed by atoms with E-state index < -0.39 is 0 Å². The Morgan fingerprint density at radius 1 is 1.15 bits per heavy atom. The van der Waals surface area contributed by atoms with Crippen LogP contribution in [0.25, 0.3) is 0 Å². The van der Waals surface area contributed by atoms with Crippen LogP contribution in [0.1, 0.15) is 54.4 Å². The largest absolute Gasteiger partial charge is 0.400 e. The summed E-state index contributed by atoms with van der Waals surface area (Å²) >= 11 is 0. The van der Waals surface area contributed by atoms with Gasteiger partial charge in [-0.05, 0) is 33.6 Å². The fourth-order valence-electron chi connectivity index (χ4n) is 2.18. The summed E-state index contributed by atoms with van der Waals surface area (Å²) in [4.78, 5) is 18.3. The van der Waals surface area contributed by atoms with E-state index in [2.05, 4.69) is 23.7 Å². The van der Waals surface area contributed by atoms with Gasteiger partial charge in [0, 0.05) is 25.7 Å². The summed E-state index contributed by atoms with van der Waals surface area (Å²) in [5.74, 6) is -0.0997. The lowest BCUT2D eigenvalue weighted by molar-refractivity contribution is -0.113. The molecule has 0 spiro atoms. The Hall–Kier alpha value is -1.58. The molecule has 0 aliphatic heterocycles. The molecule has 0 rings (SSSR count). The van der Waals surface area contributed by atoms with Crippen molar-refractivity contribution in [3.63, 3.8) is 0 Å². The standard InChI is InChI=1S/C16H29N3O/c1-7-10-19(11-8-2)15(9-3)13(5)18-16(12(4)17)14(6)20/h9H,7-8,10-11,17H2,1-6H3/b15-9-,16-12+,18-13+. The Morgan fingerprint density at radius 2 is 1.65 bits per heavy atom. The highest BCUT2D eigenvalue weighted by Gasteiger charge is 2.12. The number of carbonyl (C=O) groups is 1. The maximum absolute atomic E-state index is 11.6. The molecule has 0 bridgehead atoms. The molecule has 0 radical (unpaired) electrons. The third-order valence-electron chi connectivity index (χ3n) is 2.96. The van der Waals surface area contributed by atoms with Crippen LogP contribution < -0.4 is 5.73 Å². The Labute approximate surface area is 123 Å². The van der Waals surface area contributed by atoms with Crippen LogP contribution in [0.5, 0.6) is 0 Å². The fraction of sp³-hybridized carbons (Fsp3) is 0.625. The summed E-state index contributed by atoms with van der Waals surface area (Å²) in [5, 5.41) is 0. The highest BCUT2D eigenvalue weighted by atomic mass is 16.1. The van der Waals surface area contributed by atoms with Crippen molar-refractivity contribution in [1.29, 1.82) is 0 Å². The third-order valence-corrected chi connectivity index (χ3v) is 2.96. The van der Waals surface area contributed by atoms with Crippen molar-refractivity contribution >= 4 is 11.5 Å². The van der Waals surface area contributed by atoms with Gasteiger partial charge in [-0.15, -0.1) is 0 Å². The molecule has 0 aliphatic rings. The molecule has 20 heavy (non-hydrogen) atoms. The van der Waals surface area contributed by atoms with Crippen molar-refractivity contribution in [3.8, 4) is 0 Å². The number of hydrogen-bond acceptors (Lipinski definition) is 4. The van der Waals surface area contributed by atoms with Crippen LogP contribution in [-0.4, -0.2) is 29.5 Å². The van der Waals surface area contributed by atoms with Gasteiger partial charge < -0.3 is 10.6 Å². The molecule has 4 heteroatoms. The van der Waals surface area contributed by atoms with E-state index in [1.54, 1.807) is 6.92 Å². The molecule has 0 aromatic carbocycles. The number of nitrogens with zero attached hydrogens (tertiary/aromatic N) is 2. The molecule has 0 amide bonds. The molecule has 0 heterocycles. The van der Waals surface area contributed by atoms with Gasteiger partial charge in [0.1, 0.15) is 5.70 Å². The number of rotatable bonds is 8. The van der Waals surface area contributed by atoms with Gasteiger partial charge >= 0.3 is 0 Å². The molecule has 0 unspecified atom stereocenters. The van der Waals surface area contributed by atoms with Gasteiger partial charge in [0.2, 0.25) is 0 Å². The smallest absolute Gasteiger partial charge is 0.179 e. The minimum Gasteiger partial charge on any atom is -0.400 e. The summed E-state index contributed by atoms with van der Waals surface area (Å²) in [6.07, 6.45) is 4.21. The molecule has 0 aromatic heterocycles. The Morgan fingerprint density at radius 3 is 1.95 bits per heavy atom. The molecule has 0 atom stereocenters. The number of carbonyl (C=O) groups excluding carboxylic acids is 1. The summed E-state index contributed by atoms with van der Waals surface area (Å²) in [7, 11) is 0. The second-order valence-electron chi connectivity index (χ2n) is 4.95. The summed E-state index contributed by atoms with van der Waals surface area (Å²) in [5.41, 5.74) is 8.47. The first-order chi connectivity index (χ1) is 9.38. The highest BCUT2D eigenvalue weighted by Crippen LogP contribution is 2.12. The van der Waals surface area contributed by atoms with E-state index >= 15 is 0 Å². The summed E-state index contributed by atoms with van der Waals surface area (Å²) in [6.45, 7) is 13.4. The Kier molecular flexibility index (Phi) is 8.61. The fourth-order valence-corrected chi connectivity index (χ4v) is 2.18. The molecule has 0 aromatic rings. The van der Waals surface area contributed by atoms with Gasteiger partial charge in [0.05, 0.1) is 11.4 Å². The molecule has 2 N–H and O–H groups in total. The predicted molar refractivity (Wildman–Crippen MR) is 86.6 cm³/mol. The van der Waals surface area contributed by atoms with Crippen molar-refractivity contribution in [2.45, 2.75) is 54.4 Å². The van der Waals surface area contributed by atoms with Crippen LogP contribution in [0.15, 0.2) is 28.2 Å². The molecular formula is C16H29N3O. The van der Waals surface area contributed by atoms with Crippen molar-refractivity contribution in [2.75, 3.05) is 13.1 Å². The van der Waals surface area contributed by atoms with Crippen LogP contribution in [-0.2, 0) is 4.79 Å². The average Bonchev–Trinajstić information content (AvgIpc) is 2.36. The van der Waals surface area contributed by atoms with Gasteiger partial charge in [-0.25, -0.2) is 4.99 Å². The number of aliphatic imine (C=N–C) groups is 1. The quantitative estimate of drug-likeness (QED) is 0.548. The average molecular weight is 279 g/mol. The molecular weight excluding hydrogens is 250 g/mol. The first-order valence-electron chi connectivity index (χ1n) is 7.33. The predicted octanol–water partition coefficient (Wildman–Crippen LogP) is 3.25. The number of nitrogens with two attached hydrogens (primary N) is 1. The van der Waals surface area contributed by atoms with E-state index in [1.807, 2.05) is 19.9 Å². The molecule has 0 aliphatic carbocycles. The second-order valence-corrected chi connectivity index (χ2v) is 4.95. The van der Waals surface area contributed by atoms with Crippen molar-refractivity contribution in [2.24, 2.45) is 10.7 Å². The normalized spacial score (nSPS) is 14.1. The lowest BCUT2D eigenvalue weighted by Gasteiger charge is -2.26. The molecule has 0 saturated heterocycles. The number of allylic oxidation sites excluding steroid dienone is 4. The van der Waals surface area contributed by atoms with Gasteiger partial charge in [0.15, 0.2) is 5.78 Å². The highest BCUT2D eigenvalue weighted by molar-refractivity contribution is 6.03. The zero-order chi connectivity index (χ0) is 15.7. The molecule has 0 fully saturated rings. The number of Topliss-reactive ketones (excluding diaryl/α,β-unsaturated/α-hetero) is 1. The SMILES string of the molecule is C/C=C(/C(C)=N/C(C(C)=O)=C(\C)N)N(CCC)CCC. The van der Waals surface area contributed by atoms with Crippen LogP contribution in [0.4, 0.5) is 0 Å². The van der Waals surface area contributed by atoms with Crippen molar-refractivity contribution < 1.29 is 4.79 Å². The summed E-state index contributed by atoms with van der Waals surface area (Å²) < 4.78 is 0. The molecule has 4 nitrogen and oxygen atoms in total. The van der Waals surface area contributed by atoms with Crippen molar-refractivity contribution in [3.05, 3.63) is 23.2 Å². The van der Waals surface area contributed by atoms with Crippen LogP contribution in [0.2, 0.25) is 0 Å². The van der Waals surface area contributed by atoms with Crippen LogP contribution in [0.3, 0.4) is 0 Å². The summed E-state index contributed by atoms with van der Waals surface area (Å²) in [6, 6.07) is 0. The van der Waals surface area contributed by atoms with Gasteiger partial charge in [0.25, 0.3) is 0 Å². The maximum atomic E-state index is 11.6. The Bertz CT molecular complexity index is 409. The monoisotopic (exact) mass is 279 g/mol. The lowest BCUT2D eigenvalue weighted by atomic mass is 10.2. The second kappa shape index (κ2) is 9.34. The maximum Gasteiger partial charge on any atom is 0.179 e. The first kappa shape index (κ1) is 18.4. The van der Waals surface area contributed by atoms with E-state index in [0.717, 1.165) is 37.3 Å². The third kappa shape index (κ3) is 5.59. The minimum atomic E-state index is -0.0997. The number of ketones is 1. The van der Waals surface area contributed by atoms with Crippen LogP contribution in [0, 0.1) is 0 Å². The van der Waals surface area contributed by atoms with E-state index in [4.69, 9.17) is 5.73 Å². The van der Waals surface area contributed by atoms with Crippen molar-refractivity contribution in [1.82, 2.24) is 4.90 Å².